The Hall–Kier alpha value is -4.01. The Morgan fingerprint density at radius 1 is 1.17 bits per heavy atom. The first-order valence-electron chi connectivity index (χ1n) is 8.88. The van der Waals surface area contributed by atoms with E-state index in [0.717, 1.165) is 0 Å². The van der Waals surface area contributed by atoms with E-state index in [-0.39, 0.29) is 0 Å². The van der Waals surface area contributed by atoms with Crippen LogP contribution in [0.3, 0.4) is 0 Å². The summed E-state index contributed by atoms with van der Waals surface area (Å²) in [7, 11) is 2.95. The van der Waals surface area contributed by atoms with Crippen LogP contribution in [0, 0.1) is 0 Å². The minimum atomic E-state index is -1.10. The van der Waals surface area contributed by atoms with Gasteiger partial charge in [-0.3, -0.25) is 0 Å². The number of amides is 2. The van der Waals surface area contributed by atoms with Gasteiger partial charge in [-0.15, -0.1) is 6.58 Å². The van der Waals surface area contributed by atoms with Crippen LogP contribution in [0.15, 0.2) is 54.2 Å². The van der Waals surface area contributed by atoms with Crippen LogP contribution in [-0.4, -0.2) is 44.1 Å². The molecule has 0 atom stereocenters. The summed E-state index contributed by atoms with van der Waals surface area (Å²) in [5.41, 5.74) is 4.16. The molecule has 0 saturated heterocycles. The lowest BCUT2D eigenvalue weighted by molar-refractivity contribution is -0.139. The smallest absolute Gasteiger partial charge is 0.341 e. The van der Waals surface area contributed by atoms with Crippen molar-refractivity contribution in [3.8, 4) is 17.2 Å². The molecule has 0 fully saturated rings. The van der Waals surface area contributed by atoms with Crippen molar-refractivity contribution < 1.29 is 28.9 Å². The average Bonchev–Trinajstić information content (AvgIpc) is 2.73. The number of ether oxygens (including phenoxy) is 3. The first kappa shape index (κ1) is 22.3. The Kier molecular flexibility index (Phi) is 8.25. The number of nitrogens with zero attached hydrogens (tertiary/aromatic N) is 1. The van der Waals surface area contributed by atoms with Crippen LogP contribution in [0.25, 0.3) is 0 Å². The lowest BCUT2D eigenvalue weighted by Gasteiger charge is -2.14. The number of carbonyl (C=O) groups is 2. The highest BCUT2D eigenvalue weighted by Gasteiger charge is 2.14. The second-order valence-electron chi connectivity index (χ2n) is 5.91. The van der Waals surface area contributed by atoms with Gasteiger partial charge < -0.3 is 24.6 Å². The van der Waals surface area contributed by atoms with E-state index in [0.29, 0.717) is 40.5 Å². The fourth-order valence-corrected chi connectivity index (χ4v) is 2.58. The standard InChI is InChI=1S/C21H23N3O6/c1-4-7-15-10-14(11-18(29-3)20(15)30-13-19(25)26)12-22-24-21(27)23-16-8-5-6-9-17(16)28-2/h4-6,8-12H,1,7,13H2,2-3H3,(H,25,26)(H2,23,24,27)/b22-12+. The first-order valence-corrected chi connectivity index (χ1v) is 8.88. The monoisotopic (exact) mass is 413 g/mol. The largest absolute Gasteiger partial charge is 0.495 e. The molecule has 3 N–H and O–H groups in total. The molecule has 0 aromatic heterocycles. The van der Waals surface area contributed by atoms with E-state index in [1.165, 1.54) is 20.4 Å². The fraction of sp³-hybridized carbons (Fsp3) is 0.190. The summed E-state index contributed by atoms with van der Waals surface area (Å²) in [6.45, 7) is 3.19. The minimum absolute atomic E-state index is 0.318. The second kappa shape index (κ2) is 11.1. The third kappa shape index (κ3) is 6.26. The lowest BCUT2D eigenvalue weighted by Crippen LogP contribution is -2.24. The molecule has 0 spiro atoms. The molecule has 0 aliphatic carbocycles. The normalized spacial score (nSPS) is 10.3. The molecule has 0 bridgehead atoms. The van der Waals surface area contributed by atoms with Crippen LogP contribution < -0.4 is 25.0 Å². The van der Waals surface area contributed by atoms with E-state index in [4.69, 9.17) is 19.3 Å². The van der Waals surface area contributed by atoms with Crippen LogP contribution in [0.4, 0.5) is 10.5 Å². The van der Waals surface area contributed by atoms with Crippen LogP contribution in [0.2, 0.25) is 0 Å². The fourth-order valence-electron chi connectivity index (χ4n) is 2.58. The first-order chi connectivity index (χ1) is 14.5. The van der Waals surface area contributed by atoms with Crippen molar-refractivity contribution in [2.45, 2.75) is 6.42 Å². The Labute approximate surface area is 174 Å². The summed E-state index contributed by atoms with van der Waals surface area (Å²) in [4.78, 5) is 22.9. The number of hydrogen-bond acceptors (Lipinski definition) is 6. The van der Waals surface area contributed by atoms with Gasteiger partial charge in [0.2, 0.25) is 0 Å². The minimum Gasteiger partial charge on any atom is -0.495 e. The second-order valence-corrected chi connectivity index (χ2v) is 5.91. The predicted octanol–water partition coefficient (Wildman–Crippen LogP) is 3.05. The molecule has 0 heterocycles. The zero-order chi connectivity index (χ0) is 21.9. The summed E-state index contributed by atoms with van der Waals surface area (Å²) in [5.74, 6) is 0.0826. The van der Waals surface area contributed by atoms with Gasteiger partial charge in [0, 0.05) is 5.56 Å². The van der Waals surface area contributed by atoms with Gasteiger partial charge in [-0.05, 0) is 36.2 Å². The summed E-state index contributed by atoms with van der Waals surface area (Å²) in [6.07, 6.45) is 3.51. The van der Waals surface area contributed by atoms with Gasteiger partial charge in [-0.25, -0.2) is 15.0 Å². The third-order valence-corrected chi connectivity index (χ3v) is 3.81. The molecular formula is C21H23N3O6. The van der Waals surface area contributed by atoms with Crippen LogP contribution in [-0.2, 0) is 11.2 Å². The molecule has 0 unspecified atom stereocenters. The molecule has 0 saturated carbocycles. The summed E-state index contributed by atoms with van der Waals surface area (Å²) < 4.78 is 15.8. The number of hydrazone groups is 1. The molecule has 9 heteroatoms. The molecule has 9 nitrogen and oxygen atoms in total. The van der Waals surface area contributed by atoms with Crippen molar-refractivity contribution in [3.05, 3.63) is 60.2 Å². The molecule has 30 heavy (non-hydrogen) atoms. The number of hydrogen-bond donors (Lipinski definition) is 3. The van der Waals surface area contributed by atoms with Crippen molar-refractivity contribution in [2.24, 2.45) is 5.10 Å². The number of carboxylic acid groups (broad SMARTS) is 1. The molecule has 2 rings (SSSR count). The Morgan fingerprint density at radius 3 is 2.57 bits per heavy atom. The van der Waals surface area contributed by atoms with Crippen molar-refractivity contribution in [1.29, 1.82) is 0 Å². The number of nitrogens with one attached hydrogen (secondary N) is 2. The molecule has 2 aromatic rings. The zero-order valence-electron chi connectivity index (χ0n) is 16.7. The SMILES string of the molecule is C=CCc1cc(/C=N/NC(=O)Nc2ccccc2OC)cc(OC)c1OCC(=O)O. The van der Waals surface area contributed by atoms with Gasteiger partial charge in [0.1, 0.15) is 5.75 Å². The summed E-state index contributed by atoms with van der Waals surface area (Å²) >= 11 is 0. The van der Waals surface area contributed by atoms with Gasteiger partial charge in [0.05, 0.1) is 26.1 Å². The number of aliphatic carboxylic acids is 1. The van der Waals surface area contributed by atoms with E-state index < -0.39 is 18.6 Å². The van der Waals surface area contributed by atoms with Gasteiger partial charge >= 0.3 is 12.0 Å². The summed E-state index contributed by atoms with van der Waals surface area (Å²) in [5, 5.41) is 15.4. The maximum absolute atomic E-state index is 12.1. The molecule has 158 valence electrons. The van der Waals surface area contributed by atoms with E-state index in [9.17, 15) is 9.59 Å². The number of para-hydroxylation sites is 2. The van der Waals surface area contributed by atoms with Crippen molar-refractivity contribution in [2.75, 3.05) is 26.1 Å². The number of urea groups is 1. The number of methoxy groups -OCH3 is 2. The van der Waals surface area contributed by atoms with Crippen LogP contribution in [0.1, 0.15) is 11.1 Å². The van der Waals surface area contributed by atoms with Crippen molar-refractivity contribution in [1.82, 2.24) is 5.43 Å². The highest BCUT2D eigenvalue weighted by Crippen LogP contribution is 2.33. The van der Waals surface area contributed by atoms with Crippen LogP contribution in [0.5, 0.6) is 17.2 Å². The Bertz CT molecular complexity index is 942. The van der Waals surface area contributed by atoms with Gasteiger partial charge in [-0.1, -0.05) is 18.2 Å². The quantitative estimate of drug-likeness (QED) is 0.313. The highest BCUT2D eigenvalue weighted by atomic mass is 16.5. The van der Waals surface area contributed by atoms with Gasteiger partial charge in [0.15, 0.2) is 18.1 Å². The average molecular weight is 413 g/mol. The third-order valence-electron chi connectivity index (χ3n) is 3.81. The number of rotatable bonds is 10. The van der Waals surface area contributed by atoms with E-state index in [2.05, 4.69) is 22.4 Å². The topological polar surface area (TPSA) is 118 Å². The molecule has 2 amide bonds. The van der Waals surface area contributed by atoms with Crippen LogP contribution >= 0.6 is 0 Å². The highest BCUT2D eigenvalue weighted by molar-refractivity contribution is 5.92. The molecule has 0 radical (unpaired) electrons. The van der Waals surface area contributed by atoms with E-state index in [1.807, 2.05) is 0 Å². The number of benzene rings is 2. The predicted molar refractivity (Wildman–Crippen MR) is 113 cm³/mol. The maximum Gasteiger partial charge on any atom is 0.341 e. The maximum atomic E-state index is 12.1. The number of carbonyl (C=O) groups excluding carboxylic acids is 1. The van der Waals surface area contributed by atoms with Crippen molar-refractivity contribution in [3.63, 3.8) is 0 Å². The number of carboxylic acids is 1. The number of allylic oxidation sites excluding steroid dienone is 1. The molecule has 0 aliphatic heterocycles. The van der Waals surface area contributed by atoms with Gasteiger partial charge in [0.25, 0.3) is 0 Å². The Morgan fingerprint density at radius 2 is 1.90 bits per heavy atom. The molecule has 0 aliphatic rings. The van der Waals surface area contributed by atoms with Gasteiger partial charge in [-0.2, -0.15) is 5.10 Å². The number of anilines is 1. The van der Waals surface area contributed by atoms with E-state index >= 15 is 0 Å². The van der Waals surface area contributed by atoms with E-state index in [1.54, 1.807) is 42.5 Å². The van der Waals surface area contributed by atoms with Crippen molar-refractivity contribution >= 4 is 23.9 Å². The lowest BCUT2D eigenvalue weighted by atomic mass is 10.1. The molecule has 2 aromatic carbocycles. The summed E-state index contributed by atoms with van der Waals surface area (Å²) in [6, 6.07) is 9.79. The molecular weight excluding hydrogens is 390 g/mol. The zero-order valence-corrected chi connectivity index (χ0v) is 16.7. The Balaban J connectivity index is 2.13.